The van der Waals surface area contributed by atoms with E-state index in [1.165, 1.54) is 19.3 Å². The molecular formula is C11H23NO. The molecule has 1 atom stereocenters. The second-order valence-corrected chi connectivity index (χ2v) is 5.17. The van der Waals surface area contributed by atoms with Gasteiger partial charge in [-0.3, -0.25) is 0 Å². The standard InChI is InChI=1S/C11H23NO/c1-11(2,3)9-13-10-5-4-7-12-8-6-10/h10,12H,4-9H2,1-3H3. The van der Waals surface area contributed by atoms with Crippen LogP contribution in [0, 0.1) is 5.41 Å². The van der Waals surface area contributed by atoms with Gasteiger partial charge in [-0.05, 0) is 37.8 Å². The topological polar surface area (TPSA) is 21.3 Å². The number of rotatable bonds is 2. The molecule has 1 heterocycles. The summed E-state index contributed by atoms with van der Waals surface area (Å²) >= 11 is 0. The summed E-state index contributed by atoms with van der Waals surface area (Å²) in [5.74, 6) is 0. The van der Waals surface area contributed by atoms with Gasteiger partial charge in [-0.25, -0.2) is 0 Å². The molecule has 1 unspecified atom stereocenters. The Balaban J connectivity index is 2.19. The molecule has 0 radical (unpaired) electrons. The number of ether oxygens (including phenoxy) is 1. The number of nitrogens with one attached hydrogen (secondary N) is 1. The van der Waals surface area contributed by atoms with Crippen molar-refractivity contribution in [3.63, 3.8) is 0 Å². The molecule has 0 bridgehead atoms. The Bertz CT molecular complexity index is 132. The van der Waals surface area contributed by atoms with E-state index >= 15 is 0 Å². The molecule has 2 nitrogen and oxygen atoms in total. The summed E-state index contributed by atoms with van der Waals surface area (Å²) in [7, 11) is 0. The van der Waals surface area contributed by atoms with E-state index in [4.69, 9.17) is 4.74 Å². The van der Waals surface area contributed by atoms with Crippen molar-refractivity contribution in [1.29, 1.82) is 0 Å². The van der Waals surface area contributed by atoms with Gasteiger partial charge in [-0.15, -0.1) is 0 Å². The van der Waals surface area contributed by atoms with Crippen LogP contribution in [-0.4, -0.2) is 25.8 Å². The highest BCUT2D eigenvalue weighted by Crippen LogP contribution is 2.17. The largest absolute Gasteiger partial charge is 0.378 e. The van der Waals surface area contributed by atoms with Gasteiger partial charge in [0.15, 0.2) is 0 Å². The fourth-order valence-electron chi connectivity index (χ4n) is 1.52. The third kappa shape index (κ3) is 5.27. The van der Waals surface area contributed by atoms with Gasteiger partial charge in [-0.2, -0.15) is 0 Å². The second-order valence-electron chi connectivity index (χ2n) is 5.17. The van der Waals surface area contributed by atoms with Crippen molar-refractivity contribution >= 4 is 0 Å². The van der Waals surface area contributed by atoms with Crippen molar-refractivity contribution in [2.75, 3.05) is 19.7 Å². The average Bonchev–Trinajstić information content (AvgIpc) is 2.26. The molecule has 1 N–H and O–H groups in total. The first-order valence-corrected chi connectivity index (χ1v) is 5.40. The maximum atomic E-state index is 5.89. The Morgan fingerprint density at radius 1 is 1.23 bits per heavy atom. The summed E-state index contributed by atoms with van der Waals surface area (Å²) in [5.41, 5.74) is 0.305. The van der Waals surface area contributed by atoms with Crippen LogP contribution in [0.25, 0.3) is 0 Å². The van der Waals surface area contributed by atoms with E-state index in [2.05, 4.69) is 26.1 Å². The van der Waals surface area contributed by atoms with E-state index in [-0.39, 0.29) is 0 Å². The summed E-state index contributed by atoms with van der Waals surface area (Å²) < 4.78 is 5.89. The molecule has 0 aromatic carbocycles. The van der Waals surface area contributed by atoms with Gasteiger partial charge in [0.1, 0.15) is 0 Å². The molecule has 0 saturated carbocycles. The predicted octanol–water partition coefficient (Wildman–Crippen LogP) is 2.19. The number of hydrogen-bond acceptors (Lipinski definition) is 2. The fourth-order valence-corrected chi connectivity index (χ4v) is 1.52. The minimum Gasteiger partial charge on any atom is -0.378 e. The normalized spacial score (nSPS) is 25.6. The highest BCUT2D eigenvalue weighted by molar-refractivity contribution is 4.68. The summed E-state index contributed by atoms with van der Waals surface area (Å²) in [4.78, 5) is 0. The smallest absolute Gasteiger partial charge is 0.0588 e. The zero-order chi connectivity index (χ0) is 9.73. The first-order chi connectivity index (χ1) is 6.08. The molecule has 1 aliphatic rings. The van der Waals surface area contributed by atoms with Crippen LogP contribution in [-0.2, 0) is 4.74 Å². The quantitative estimate of drug-likeness (QED) is 0.712. The van der Waals surface area contributed by atoms with Crippen molar-refractivity contribution in [2.24, 2.45) is 5.41 Å². The minimum atomic E-state index is 0.305. The highest BCUT2D eigenvalue weighted by atomic mass is 16.5. The molecular weight excluding hydrogens is 162 g/mol. The Morgan fingerprint density at radius 2 is 2.00 bits per heavy atom. The third-order valence-electron chi connectivity index (χ3n) is 2.27. The van der Waals surface area contributed by atoms with Gasteiger partial charge in [0.25, 0.3) is 0 Å². The van der Waals surface area contributed by atoms with E-state index < -0.39 is 0 Å². The zero-order valence-corrected chi connectivity index (χ0v) is 9.23. The van der Waals surface area contributed by atoms with E-state index in [0.717, 1.165) is 19.7 Å². The molecule has 1 aliphatic heterocycles. The van der Waals surface area contributed by atoms with E-state index in [1.54, 1.807) is 0 Å². The Hall–Kier alpha value is -0.0800. The molecule has 0 aliphatic carbocycles. The molecule has 1 saturated heterocycles. The summed E-state index contributed by atoms with van der Waals surface area (Å²) in [6, 6.07) is 0. The van der Waals surface area contributed by atoms with Crippen LogP contribution < -0.4 is 5.32 Å². The van der Waals surface area contributed by atoms with Gasteiger partial charge < -0.3 is 10.1 Å². The Morgan fingerprint density at radius 3 is 2.69 bits per heavy atom. The molecule has 1 fully saturated rings. The van der Waals surface area contributed by atoms with Crippen LogP contribution in [0.2, 0.25) is 0 Å². The molecule has 0 aromatic heterocycles. The van der Waals surface area contributed by atoms with Gasteiger partial charge in [0, 0.05) is 0 Å². The Labute approximate surface area is 82.0 Å². The summed E-state index contributed by atoms with van der Waals surface area (Å²) in [6.07, 6.45) is 4.16. The third-order valence-corrected chi connectivity index (χ3v) is 2.27. The van der Waals surface area contributed by atoms with Crippen molar-refractivity contribution in [3.05, 3.63) is 0 Å². The lowest BCUT2D eigenvalue weighted by Gasteiger charge is -2.23. The van der Waals surface area contributed by atoms with Crippen molar-refractivity contribution in [3.8, 4) is 0 Å². The summed E-state index contributed by atoms with van der Waals surface area (Å²) in [6.45, 7) is 9.84. The van der Waals surface area contributed by atoms with E-state index in [0.29, 0.717) is 11.5 Å². The molecule has 2 heteroatoms. The molecule has 78 valence electrons. The van der Waals surface area contributed by atoms with E-state index in [9.17, 15) is 0 Å². The van der Waals surface area contributed by atoms with Crippen LogP contribution >= 0.6 is 0 Å². The van der Waals surface area contributed by atoms with Crippen LogP contribution in [0.3, 0.4) is 0 Å². The summed E-state index contributed by atoms with van der Waals surface area (Å²) in [5, 5.41) is 3.39. The monoisotopic (exact) mass is 185 g/mol. The molecule has 0 aromatic rings. The van der Waals surface area contributed by atoms with Crippen LogP contribution in [0.5, 0.6) is 0 Å². The van der Waals surface area contributed by atoms with Crippen LogP contribution in [0.15, 0.2) is 0 Å². The molecule has 0 amide bonds. The molecule has 0 spiro atoms. The molecule has 1 rings (SSSR count). The molecule has 13 heavy (non-hydrogen) atoms. The van der Waals surface area contributed by atoms with Crippen LogP contribution in [0.4, 0.5) is 0 Å². The maximum absolute atomic E-state index is 5.89. The minimum absolute atomic E-state index is 0.305. The number of hydrogen-bond donors (Lipinski definition) is 1. The van der Waals surface area contributed by atoms with Gasteiger partial charge in [0.05, 0.1) is 12.7 Å². The lowest BCUT2D eigenvalue weighted by atomic mass is 9.98. The SMILES string of the molecule is CC(C)(C)COC1CCCNCC1. The van der Waals surface area contributed by atoms with Crippen molar-refractivity contribution < 1.29 is 4.74 Å². The van der Waals surface area contributed by atoms with Gasteiger partial charge in [-0.1, -0.05) is 20.8 Å². The van der Waals surface area contributed by atoms with Gasteiger partial charge >= 0.3 is 0 Å². The Kier molecular flexibility index (Phi) is 4.20. The van der Waals surface area contributed by atoms with Gasteiger partial charge in [0.2, 0.25) is 0 Å². The lowest BCUT2D eigenvalue weighted by molar-refractivity contribution is 0.00301. The highest BCUT2D eigenvalue weighted by Gasteiger charge is 2.16. The van der Waals surface area contributed by atoms with Crippen LogP contribution in [0.1, 0.15) is 40.0 Å². The fraction of sp³-hybridized carbons (Fsp3) is 1.00. The first-order valence-electron chi connectivity index (χ1n) is 5.40. The van der Waals surface area contributed by atoms with Crippen molar-refractivity contribution in [2.45, 2.75) is 46.1 Å². The lowest BCUT2D eigenvalue weighted by Crippen LogP contribution is -2.22. The second kappa shape index (κ2) is 4.97. The van der Waals surface area contributed by atoms with Crippen molar-refractivity contribution in [1.82, 2.24) is 5.32 Å². The predicted molar refractivity (Wildman–Crippen MR) is 55.9 cm³/mol. The first kappa shape index (κ1) is 11.0. The van der Waals surface area contributed by atoms with E-state index in [1.807, 2.05) is 0 Å². The average molecular weight is 185 g/mol. The zero-order valence-electron chi connectivity index (χ0n) is 9.23. The maximum Gasteiger partial charge on any atom is 0.0588 e.